The van der Waals surface area contributed by atoms with E-state index in [1.807, 2.05) is 16.9 Å². The summed E-state index contributed by atoms with van der Waals surface area (Å²) >= 11 is 6.26. The number of aliphatic carboxylic acids is 1. The van der Waals surface area contributed by atoms with Crippen molar-refractivity contribution in [2.75, 3.05) is 25.4 Å². The van der Waals surface area contributed by atoms with Gasteiger partial charge in [0.05, 0.1) is 17.3 Å². The lowest BCUT2D eigenvalue weighted by Gasteiger charge is -2.30. The number of carbonyl (C=O) groups excluding carboxylic acids is 1. The summed E-state index contributed by atoms with van der Waals surface area (Å²) in [6, 6.07) is 13.0. The van der Waals surface area contributed by atoms with E-state index in [-0.39, 0.29) is 37.4 Å². The number of aliphatic hydroxyl groups is 1. The van der Waals surface area contributed by atoms with Crippen LogP contribution < -0.4 is 10.0 Å². The third-order valence-electron chi connectivity index (χ3n) is 6.91. The molecule has 0 saturated carbocycles. The van der Waals surface area contributed by atoms with E-state index in [4.69, 9.17) is 16.7 Å². The third-order valence-corrected chi connectivity index (χ3v) is 10.8. The zero-order valence-electron chi connectivity index (χ0n) is 24.2. The van der Waals surface area contributed by atoms with Crippen LogP contribution in [0, 0.1) is 6.92 Å². The van der Waals surface area contributed by atoms with Crippen LogP contribution in [0.4, 0.5) is 0 Å². The number of nitrogens with zero attached hydrogens (tertiary/aromatic N) is 2. The van der Waals surface area contributed by atoms with Crippen LogP contribution in [-0.2, 0) is 36.2 Å². The predicted molar refractivity (Wildman–Crippen MR) is 166 cm³/mol. The molecular weight excluding hydrogens is 632 g/mol. The summed E-state index contributed by atoms with van der Waals surface area (Å²) in [6.07, 6.45) is 3.21. The fourth-order valence-corrected chi connectivity index (χ4v) is 7.53. The van der Waals surface area contributed by atoms with Gasteiger partial charge >= 0.3 is 5.97 Å². The molecule has 0 saturated heterocycles. The smallest absolute Gasteiger partial charge is 0.318 e. The molecule has 12 nitrogen and oxygen atoms in total. The molecule has 2 aromatic carbocycles. The number of aliphatic hydroxyl groups excluding tert-OH is 1. The molecule has 238 valence electrons. The summed E-state index contributed by atoms with van der Waals surface area (Å²) in [7, 11) is -8.00. The van der Waals surface area contributed by atoms with Gasteiger partial charge in [0.25, 0.3) is 0 Å². The molecule has 0 radical (unpaired) electrons. The number of sulfonamides is 2. The van der Waals surface area contributed by atoms with Gasteiger partial charge in [-0.15, -0.1) is 0 Å². The van der Waals surface area contributed by atoms with Crippen LogP contribution in [0.5, 0.6) is 0 Å². The number of aromatic nitrogens is 1. The second-order valence-electron chi connectivity index (χ2n) is 9.96. The van der Waals surface area contributed by atoms with Crippen molar-refractivity contribution in [3.8, 4) is 11.1 Å². The molecule has 0 aliphatic rings. The van der Waals surface area contributed by atoms with Crippen molar-refractivity contribution in [2.24, 2.45) is 0 Å². The topological polar surface area (TPSA) is 183 Å². The zero-order chi connectivity index (χ0) is 32.5. The van der Waals surface area contributed by atoms with Gasteiger partial charge in [0, 0.05) is 48.5 Å². The van der Waals surface area contributed by atoms with Crippen LogP contribution >= 0.6 is 11.6 Å². The normalized spacial score (nSPS) is 12.7. The average Bonchev–Trinajstić information content (AvgIpc) is 2.99. The van der Waals surface area contributed by atoms with Crippen molar-refractivity contribution in [1.82, 2.24) is 19.3 Å². The second kappa shape index (κ2) is 15.5. The highest BCUT2D eigenvalue weighted by Gasteiger charge is 2.31. The number of nitrogens with one attached hydrogen (secondary N) is 2. The molecule has 0 aliphatic carbocycles. The Kier molecular flexibility index (Phi) is 12.4. The van der Waals surface area contributed by atoms with Crippen molar-refractivity contribution in [3.05, 3.63) is 82.6 Å². The largest absolute Gasteiger partial charge is 0.480 e. The van der Waals surface area contributed by atoms with E-state index in [0.717, 1.165) is 11.1 Å². The zero-order valence-corrected chi connectivity index (χ0v) is 26.6. The molecule has 4 N–H and O–H groups in total. The van der Waals surface area contributed by atoms with Gasteiger partial charge in [-0.1, -0.05) is 35.9 Å². The lowest BCUT2D eigenvalue weighted by Crippen LogP contribution is -2.37. The predicted octanol–water partition coefficient (Wildman–Crippen LogP) is 2.86. The molecule has 1 aromatic heterocycles. The maximum absolute atomic E-state index is 14.1. The van der Waals surface area contributed by atoms with Gasteiger partial charge < -0.3 is 15.5 Å². The quantitative estimate of drug-likeness (QED) is 0.179. The van der Waals surface area contributed by atoms with E-state index in [9.17, 15) is 31.5 Å². The molecule has 0 aliphatic heterocycles. The van der Waals surface area contributed by atoms with Crippen molar-refractivity contribution in [2.45, 2.75) is 44.2 Å². The van der Waals surface area contributed by atoms with Gasteiger partial charge in [0.15, 0.2) is 0 Å². The highest BCUT2D eigenvalue weighted by atomic mass is 35.5. The number of pyridine rings is 1. The Morgan fingerprint density at radius 3 is 2.52 bits per heavy atom. The number of benzene rings is 2. The first-order valence-electron chi connectivity index (χ1n) is 13.6. The first-order valence-corrected chi connectivity index (χ1v) is 17.1. The van der Waals surface area contributed by atoms with Gasteiger partial charge in [0.2, 0.25) is 26.0 Å². The molecule has 1 atom stereocenters. The van der Waals surface area contributed by atoms with Crippen LogP contribution in [0.15, 0.2) is 65.8 Å². The SMILES string of the molecule is Cc1c(Cl)cccc1S(=O)(=O)N(CCCC(=O)NCCS(=O)(=O)NCC(=O)O)[C@@H](C)c1cccc(-c2ccncc2CO)c1. The van der Waals surface area contributed by atoms with Gasteiger partial charge in [-0.2, -0.15) is 4.31 Å². The Morgan fingerprint density at radius 2 is 1.82 bits per heavy atom. The van der Waals surface area contributed by atoms with E-state index in [0.29, 0.717) is 21.7 Å². The highest BCUT2D eigenvalue weighted by Crippen LogP contribution is 2.33. The lowest BCUT2D eigenvalue weighted by molar-refractivity contribution is -0.135. The van der Waals surface area contributed by atoms with Crippen molar-refractivity contribution < 1.29 is 36.6 Å². The van der Waals surface area contributed by atoms with Crippen LogP contribution in [-0.4, -0.2) is 73.6 Å². The van der Waals surface area contributed by atoms with Gasteiger partial charge in [0.1, 0.15) is 6.54 Å². The van der Waals surface area contributed by atoms with E-state index in [1.165, 1.54) is 10.4 Å². The summed E-state index contributed by atoms with van der Waals surface area (Å²) in [5.41, 5.74) is 3.21. The fraction of sp³-hybridized carbons (Fsp3) is 0.345. The number of carboxylic acid groups (broad SMARTS) is 1. The Hall–Kier alpha value is -3.40. The van der Waals surface area contributed by atoms with Crippen LogP contribution in [0.1, 0.15) is 42.5 Å². The Labute approximate surface area is 262 Å². The number of halogens is 1. The van der Waals surface area contributed by atoms with Crippen molar-refractivity contribution >= 4 is 43.5 Å². The van der Waals surface area contributed by atoms with E-state index in [1.54, 1.807) is 56.6 Å². The van der Waals surface area contributed by atoms with Crippen molar-refractivity contribution in [3.63, 3.8) is 0 Å². The van der Waals surface area contributed by atoms with Gasteiger partial charge in [-0.05, 0) is 66.8 Å². The minimum absolute atomic E-state index is 0.0354. The van der Waals surface area contributed by atoms with Crippen LogP contribution in [0.25, 0.3) is 11.1 Å². The molecular formula is C29H35ClN4O8S2. The first-order chi connectivity index (χ1) is 20.8. The molecule has 0 fully saturated rings. The molecule has 0 unspecified atom stereocenters. The molecule has 15 heteroatoms. The number of carboxylic acids is 1. The molecule has 0 bridgehead atoms. The first kappa shape index (κ1) is 35.1. The maximum atomic E-state index is 14.1. The Bertz CT molecular complexity index is 1700. The molecule has 3 rings (SSSR count). The Morgan fingerprint density at radius 1 is 1.09 bits per heavy atom. The maximum Gasteiger partial charge on any atom is 0.318 e. The molecule has 0 spiro atoms. The number of carbonyl (C=O) groups is 2. The minimum Gasteiger partial charge on any atom is -0.480 e. The van der Waals surface area contributed by atoms with E-state index >= 15 is 0 Å². The number of hydrogen-bond acceptors (Lipinski definition) is 8. The second-order valence-corrected chi connectivity index (χ2v) is 14.2. The number of amides is 1. The van der Waals surface area contributed by atoms with Crippen molar-refractivity contribution in [1.29, 1.82) is 0 Å². The summed E-state index contributed by atoms with van der Waals surface area (Å²) in [6.45, 7) is 2.09. The minimum atomic E-state index is -4.11. The number of rotatable bonds is 16. The fourth-order valence-electron chi connectivity index (χ4n) is 4.54. The lowest BCUT2D eigenvalue weighted by atomic mass is 9.98. The monoisotopic (exact) mass is 666 g/mol. The standard InChI is InChI=1S/C29H35ClN4O8S2/c1-20-26(30)8-4-9-27(20)44(41,42)34(14-5-10-28(36)32-13-15-43(39,40)33-18-29(37)38)21(2)22-6-3-7-23(16-22)25-11-12-31-17-24(25)19-35/h3-4,6-9,11-12,16-17,21,33,35H,5,10,13-15,18-19H2,1-2H3,(H,32,36)(H,37,38)/t21-/m0/s1. The van der Waals surface area contributed by atoms with Gasteiger partial charge in [-0.3, -0.25) is 14.6 Å². The molecule has 1 heterocycles. The Balaban J connectivity index is 1.82. The highest BCUT2D eigenvalue weighted by molar-refractivity contribution is 7.89. The number of hydrogen-bond donors (Lipinski definition) is 4. The van der Waals surface area contributed by atoms with Crippen LogP contribution in [0.2, 0.25) is 5.02 Å². The summed E-state index contributed by atoms with van der Waals surface area (Å²) in [4.78, 5) is 27.1. The summed E-state index contributed by atoms with van der Waals surface area (Å²) < 4.78 is 55.0. The summed E-state index contributed by atoms with van der Waals surface area (Å²) in [5.74, 6) is -2.33. The average molecular weight is 667 g/mol. The summed E-state index contributed by atoms with van der Waals surface area (Å²) in [5, 5.41) is 21.2. The van der Waals surface area contributed by atoms with Gasteiger partial charge in [-0.25, -0.2) is 21.6 Å². The van der Waals surface area contributed by atoms with E-state index in [2.05, 4.69) is 10.3 Å². The molecule has 1 amide bonds. The van der Waals surface area contributed by atoms with Crippen LogP contribution in [0.3, 0.4) is 0 Å². The molecule has 44 heavy (non-hydrogen) atoms. The third kappa shape index (κ3) is 9.30. The van der Waals surface area contributed by atoms with E-state index < -0.39 is 50.3 Å². The molecule has 3 aromatic rings.